The minimum absolute atomic E-state index is 0.176. The third kappa shape index (κ3) is 3.03. The zero-order valence-electron chi connectivity index (χ0n) is 13.1. The van der Waals surface area contributed by atoms with Crippen LogP contribution in [0.4, 0.5) is 5.69 Å². The first-order chi connectivity index (χ1) is 12.1. The Balaban J connectivity index is 1.49. The number of hydrogen-bond donors (Lipinski definition) is 1. The number of anilines is 1. The van der Waals surface area contributed by atoms with Gasteiger partial charge in [0.25, 0.3) is 0 Å². The summed E-state index contributed by atoms with van der Waals surface area (Å²) in [6.07, 6.45) is 0.176. The van der Waals surface area contributed by atoms with Gasteiger partial charge in [0.2, 0.25) is 11.8 Å². The number of fused-ring (bicyclic) bond motifs is 1. The molecule has 0 aliphatic carbocycles. The summed E-state index contributed by atoms with van der Waals surface area (Å²) in [7, 11) is 0. The first kappa shape index (κ1) is 16.2. The number of imide groups is 1. The summed E-state index contributed by atoms with van der Waals surface area (Å²) in [5.41, 5.74) is 2.31. The van der Waals surface area contributed by atoms with Crippen LogP contribution < -0.4 is 4.90 Å². The molecule has 1 aliphatic heterocycles. The second-order valence-corrected chi connectivity index (χ2v) is 7.32. The zero-order valence-corrected chi connectivity index (χ0v) is 14.7. The van der Waals surface area contributed by atoms with Gasteiger partial charge in [-0.25, -0.2) is 9.88 Å². The van der Waals surface area contributed by atoms with Crippen LogP contribution in [0, 0.1) is 0 Å². The lowest BCUT2D eigenvalue weighted by Gasteiger charge is -2.16. The van der Waals surface area contributed by atoms with Gasteiger partial charge in [0.1, 0.15) is 5.82 Å². The smallest absolute Gasteiger partial charge is 0.247 e. The molecular formula is C18H14ClN3O2S. The van der Waals surface area contributed by atoms with E-state index in [1.807, 2.05) is 24.3 Å². The zero-order chi connectivity index (χ0) is 17.4. The van der Waals surface area contributed by atoms with Crippen LogP contribution >= 0.6 is 23.4 Å². The maximum Gasteiger partial charge on any atom is 0.247 e. The van der Waals surface area contributed by atoms with Crippen LogP contribution in [-0.2, 0) is 15.3 Å². The van der Waals surface area contributed by atoms with Crippen molar-refractivity contribution >= 4 is 51.9 Å². The normalized spacial score (nSPS) is 17.6. The van der Waals surface area contributed by atoms with Crippen molar-refractivity contribution in [2.45, 2.75) is 17.4 Å². The van der Waals surface area contributed by atoms with Crippen molar-refractivity contribution in [3.05, 3.63) is 59.4 Å². The molecule has 3 aromatic rings. The van der Waals surface area contributed by atoms with Crippen LogP contribution in [0.5, 0.6) is 0 Å². The number of amides is 2. The van der Waals surface area contributed by atoms with Crippen molar-refractivity contribution in [3.8, 4) is 0 Å². The van der Waals surface area contributed by atoms with E-state index in [0.717, 1.165) is 16.9 Å². The van der Waals surface area contributed by atoms with Gasteiger partial charge in [0, 0.05) is 6.42 Å². The highest BCUT2D eigenvalue weighted by atomic mass is 35.5. The van der Waals surface area contributed by atoms with E-state index in [9.17, 15) is 9.59 Å². The summed E-state index contributed by atoms with van der Waals surface area (Å²) in [4.78, 5) is 33.9. The molecule has 0 unspecified atom stereocenters. The van der Waals surface area contributed by atoms with Crippen molar-refractivity contribution in [2.24, 2.45) is 0 Å². The fourth-order valence-electron chi connectivity index (χ4n) is 2.87. The van der Waals surface area contributed by atoms with E-state index in [1.54, 1.807) is 24.3 Å². The van der Waals surface area contributed by atoms with Crippen molar-refractivity contribution in [1.82, 2.24) is 9.97 Å². The molecular weight excluding hydrogens is 358 g/mol. The Morgan fingerprint density at radius 2 is 1.92 bits per heavy atom. The van der Waals surface area contributed by atoms with E-state index in [4.69, 9.17) is 11.6 Å². The van der Waals surface area contributed by atoms with Gasteiger partial charge in [-0.05, 0) is 24.3 Å². The first-order valence-electron chi connectivity index (χ1n) is 7.80. The number of carbonyl (C=O) groups excluding carboxylic acids is 2. The van der Waals surface area contributed by atoms with Crippen molar-refractivity contribution in [3.63, 3.8) is 0 Å². The molecule has 4 rings (SSSR count). The highest BCUT2D eigenvalue weighted by molar-refractivity contribution is 7.99. The number of hydrogen-bond acceptors (Lipinski definition) is 4. The summed E-state index contributed by atoms with van der Waals surface area (Å²) >= 11 is 7.55. The minimum atomic E-state index is -0.419. The monoisotopic (exact) mass is 371 g/mol. The fourth-order valence-corrected chi connectivity index (χ4v) is 4.10. The lowest BCUT2D eigenvalue weighted by atomic mass is 10.3. The van der Waals surface area contributed by atoms with Crippen LogP contribution in [0.1, 0.15) is 12.2 Å². The molecule has 0 saturated carbocycles. The number of para-hydroxylation sites is 3. The Bertz CT molecular complexity index is 939. The van der Waals surface area contributed by atoms with Gasteiger partial charge < -0.3 is 4.98 Å². The highest BCUT2D eigenvalue weighted by Gasteiger charge is 2.40. The molecule has 1 atom stereocenters. The number of benzene rings is 2. The second kappa shape index (κ2) is 6.54. The average molecular weight is 372 g/mol. The van der Waals surface area contributed by atoms with E-state index in [1.165, 1.54) is 16.7 Å². The van der Waals surface area contributed by atoms with Crippen molar-refractivity contribution < 1.29 is 9.59 Å². The summed E-state index contributed by atoms with van der Waals surface area (Å²) in [5, 5.41) is -0.0240. The number of H-pyrrole nitrogens is 1. The molecule has 1 N–H and O–H groups in total. The lowest BCUT2D eigenvalue weighted by Crippen LogP contribution is -2.31. The van der Waals surface area contributed by atoms with E-state index < -0.39 is 5.25 Å². The van der Waals surface area contributed by atoms with Crippen LogP contribution in [0.25, 0.3) is 11.0 Å². The Kier molecular flexibility index (Phi) is 4.23. The topological polar surface area (TPSA) is 66.1 Å². The molecule has 2 aromatic carbocycles. The summed E-state index contributed by atoms with van der Waals surface area (Å²) in [6.45, 7) is 0. The highest BCUT2D eigenvalue weighted by Crippen LogP contribution is 2.34. The molecule has 1 saturated heterocycles. The van der Waals surface area contributed by atoms with Gasteiger partial charge in [-0.15, -0.1) is 11.8 Å². The van der Waals surface area contributed by atoms with Crippen LogP contribution in [0.3, 0.4) is 0 Å². The van der Waals surface area contributed by atoms with Crippen molar-refractivity contribution in [2.75, 3.05) is 4.90 Å². The number of nitrogens with one attached hydrogen (secondary N) is 1. The quantitative estimate of drug-likeness (QED) is 0.709. The molecule has 1 fully saturated rings. The standard InChI is InChI=1S/C18H14ClN3O2S/c19-11-5-1-4-8-14(11)22-17(23)9-15(18(22)24)25-10-16-20-12-6-2-3-7-13(12)21-16/h1-8,15H,9-10H2,(H,20,21)/t15-/m0/s1. The Morgan fingerprint density at radius 1 is 1.16 bits per heavy atom. The predicted molar refractivity (Wildman–Crippen MR) is 99.7 cm³/mol. The number of aromatic amines is 1. The Hall–Kier alpha value is -2.31. The molecule has 7 heteroatoms. The maximum absolute atomic E-state index is 12.7. The van der Waals surface area contributed by atoms with Gasteiger partial charge in [-0.2, -0.15) is 0 Å². The molecule has 126 valence electrons. The summed E-state index contributed by atoms with van der Waals surface area (Å²) in [5.74, 6) is 0.886. The predicted octanol–water partition coefficient (Wildman–Crippen LogP) is 3.78. The van der Waals surface area contributed by atoms with Crippen molar-refractivity contribution in [1.29, 1.82) is 0 Å². The first-order valence-corrected chi connectivity index (χ1v) is 9.23. The molecule has 25 heavy (non-hydrogen) atoms. The second-order valence-electron chi connectivity index (χ2n) is 5.72. The van der Waals surface area contributed by atoms with E-state index in [-0.39, 0.29) is 18.2 Å². The Morgan fingerprint density at radius 3 is 2.72 bits per heavy atom. The van der Waals surface area contributed by atoms with Gasteiger partial charge >= 0.3 is 0 Å². The van der Waals surface area contributed by atoms with E-state index in [2.05, 4.69) is 9.97 Å². The molecule has 1 aliphatic rings. The van der Waals surface area contributed by atoms with Gasteiger partial charge in [-0.3, -0.25) is 9.59 Å². The fraction of sp³-hybridized carbons (Fsp3) is 0.167. The molecule has 0 bridgehead atoms. The lowest BCUT2D eigenvalue weighted by molar-refractivity contribution is -0.121. The van der Waals surface area contributed by atoms with Gasteiger partial charge in [0.15, 0.2) is 0 Å². The van der Waals surface area contributed by atoms with Crippen LogP contribution in [0.2, 0.25) is 5.02 Å². The molecule has 2 amide bonds. The number of carbonyl (C=O) groups is 2. The Labute approximate surface area is 153 Å². The molecule has 0 spiro atoms. The maximum atomic E-state index is 12.7. The van der Waals surface area contributed by atoms with Crippen LogP contribution in [-0.4, -0.2) is 27.0 Å². The molecule has 5 nitrogen and oxygen atoms in total. The number of aromatic nitrogens is 2. The summed E-state index contributed by atoms with van der Waals surface area (Å²) < 4.78 is 0. The average Bonchev–Trinajstić information content (AvgIpc) is 3.14. The third-order valence-electron chi connectivity index (χ3n) is 4.06. The number of halogens is 1. The molecule has 1 aromatic heterocycles. The number of imidazole rings is 1. The number of thioether (sulfide) groups is 1. The third-order valence-corrected chi connectivity index (χ3v) is 5.59. The number of rotatable bonds is 4. The number of nitrogens with zero attached hydrogens (tertiary/aromatic N) is 2. The van der Waals surface area contributed by atoms with Gasteiger partial charge in [-0.1, -0.05) is 35.9 Å². The summed E-state index contributed by atoms with van der Waals surface area (Å²) in [6, 6.07) is 14.7. The van der Waals surface area contributed by atoms with Gasteiger partial charge in [0.05, 0.1) is 32.7 Å². The largest absolute Gasteiger partial charge is 0.341 e. The van der Waals surface area contributed by atoms with E-state index in [0.29, 0.717) is 16.5 Å². The SMILES string of the molecule is O=C1C[C@H](SCc2nc3ccccc3[nH]2)C(=O)N1c1ccccc1Cl. The molecule has 2 heterocycles. The van der Waals surface area contributed by atoms with Crippen LogP contribution in [0.15, 0.2) is 48.5 Å². The molecule has 0 radical (unpaired) electrons. The van der Waals surface area contributed by atoms with E-state index >= 15 is 0 Å². The minimum Gasteiger partial charge on any atom is -0.341 e.